The maximum Gasteiger partial charge on any atom is 0.228 e. The fourth-order valence-electron chi connectivity index (χ4n) is 2.61. The maximum absolute atomic E-state index is 13.1. The van der Waals surface area contributed by atoms with Crippen molar-refractivity contribution in [3.05, 3.63) is 41.7 Å². The van der Waals surface area contributed by atoms with E-state index >= 15 is 0 Å². The Balaban J connectivity index is 1.77. The Morgan fingerprint density at radius 2 is 2.14 bits per heavy atom. The molecule has 0 aliphatic heterocycles. The quantitative estimate of drug-likeness (QED) is 0.799. The third-order valence-corrected chi connectivity index (χ3v) is 4.82. The molecule has 1 fully saturated rings. The van der Waals surface area contributed by atoms with Gasteiger partial charge in [0.2, 0.25) is 5.91 Å². The third-order valence-electron chi connectivity index (χ3n) is 4.07. The van der Waals surface area contributed by atoms with Gasteiger partial charge in [-0.15, -0.1) is 11.3 Å². The number of amides is 1. The second-order valence-corrected chi connectivity index (χ2v) is 6.55. The molecule has 0 bridgehead atoms. The van der Waals surface area contributed by atoms with E-state index in [1.54, 1.807) is 12.1 Å². The molecule has 2 atom stereocenters. The Hall–Kier alpha value is -2.21. The van der Waals surface area contributed by atoms with Crippen LogP contribution in [0.15, 0.2) is 35.8 Å². The van der Waals surface area contributed by atoms with Crippen LogP contribution in [0.3, 0.4) is 0 Å². The normalized spacial score (nSPS) is 20.3. The number of fused-ring (bicyclic) bond motifs is 1. The first-order valence-electron chi connectivity index (χ1n) is 7.16. The molecule has 1 aliphatic carbocycles. The molecule has 4 nitrogen and oxygen atoms in total. The molecule has 1 N–H and O–H groups in total. The van der Waals surface area contributed by atoms with Crippen molar-refractivity contribution in [2.24, 2.45) is 11.8 Å². The van der Waals surface area contributed by atoms with Crippen molar-refractivity contribution in [3.8, 4) is 11.3 Å². The van der Waals surface area contributed by atoms with Gasteiger partial charge in [0.25, 0.3) is 0 Å². The van der Waals surface area contributed by atoms with E-state index in [0.717, 1.165) is 16.9 Å². The highest BCUT2D eigenvalue weighted by Gasteiger charge is 2.39. The van der Waals surface area contributed by atoms with E-state index in [1.165, 1.54) is 23.5 Å². The lowest BCUT2D eigenvalue weighted by Gasteiger charge is -2.06. The highest BCUT2D eigenvalue weighted by Crippen LogP contribution is 2.39. The smallest absolute Gasteiger partial charge is 0.228 e. The van der Waals surface area contributed by atoms with Crippen molar-refractivity contribution in [1.82, 2.24) is 9.38 Å². The topological polar surface area (TPSA) is 46.4 Å². The van der Waals surface area contributed by atoms with Crippen molar-refractivity contribution < 1.29 is 9.18 Å². The lowest BCUT2D eigenvalue weighted by Crippen LogP contribution is -2.16. The third kappa shape index (κ3) is 2.20. The minimum Gasteiger partial charge on any atom is -0.310 e. The van der Waals surface area contributed by atoms with Crippen LogP contribution in [0.1, 0.15) is 13.3 Å². The number of carbonyl (C=O) groups excluding carboxylic acids is 1. The number of hydrogen-bond acceptors (Lipinski definition) is 3. The standard InChI is InChI=1S/C16H14FN3OS/c1-9-8-12(9)15(21)19-14-13(10-2-4-11(17)5-3-10)18-16-20(14)6-7-22-16/h2-7,9,12H,8H2,1H3,(H,19,21). The zero-order chi connectivity index (χ0) is 15.3. The first kappa shape index (κ1) is 13.5. The molecule has 1 saturated carbocycles. The number of thiazole rings is 1. The highest BCUT2D eigenvalue weighted by atomic mass is 32.1. The lowest BCUT2D eigenvalue weighted by molar-refractivity contribution is -0.117. The Bertz CT molecular complexity index is 852. The maximum atomic E-state index is 13.1. The Morgan fingerprint density at radius 1 is 1.41 bits per heavy atom. The van der Waals surface area contributed by atoms with Gasteiger partial charge in [0.15, 0.2) is 4.96 Å². The van der Waals surface area contributed by atoms with Gasteiger partial charge in [-0.05, 0) is 36.6 Å². The summed E-state index contributed by atoms with van der Waals surface area (Å²) in [5.41, 5.74) is 1.46. The van der Waals surface area contributed by atoms with Crippen molar-refractivity contribution in [1.29, 1.82) is 0 Å². The predicted molar refractivity (Wildman–Crippen MR) is 84.4 cm³/mol. The van der Waals surface area contributed by atoms with Crippen LogP contribution in [-0.4, -0.2) is 15.3 Å². The first-order chi connectivity index (χ1) is 10.6. The van der Waals surface area contributed by atoms with Gasteiger partial charge in [-0.1, -0.05) is 6.92 Å². The van der Waals surface area contributed by atoms with Crippen molar-refractivity contribution in [2.75, 3.05) is 5.32 Å². The van der Waals surface area contributed by atoms with Gasteiger partial charge in [0.05, 0.1) is 0 Å². The fourth-order valence-corrected chi connectivity index (χ4v) is 3.33. The van der Waals surface area contributed by atoms with Crippen LogP contribution < -0.4 is 5.32 Å². The summed E-state index contributed by atoms with van der Waals surface area (Å²) < 4.78 is 15.0. The van der Waals surface area contributed by atoms with E-state index in [2.05, 4.69) is 17.2 Å². The predicted octanol–water partition coefficient (Wildman–Crippen LogP) is 3.80. The number of hydrogen-bond donors (Lipinski definition) is 1. The number of nitrogens with one attached hydrogen (secondary N) is 1. The van der Waals surface area contributed by atoms with E-state index in [4.69, 9.17) is 0 Å². The van der Waals surface area contributed by atoms with Gasteiger partial charge >= 0.3 is 0 Å². The van der Waals surface area contributed by atoms with Crippen LogP contribution in [0.5, 0.6) is 0 Å². The molecule has 2 aromatic heterocycles. The molecule has 2 heterocycles. The summed E-state index contributed by atoms with van der Waals surface area (Å²) in [6.07, 6.45) is 2.81. The van der Waals surface area contributed by atoms with E-state index < -0.39 is 0 Å². The molecule has 1 aromatic carbocycles. The van der Waals surface area contributed by atoms with Crippen molar-refractivity contribution >= 4 is 28.0 Å². The molecule has 4 rings (SSSR count). The van der Waals surface area contributed by atoms with Crippen LogP contribution in [0, 0.1) is 17.7 Å². The van der Waals surface area contributed by atoms with E-state index in [0.29, 0.717) is 17.4 Å². The number of nitrogens with zero attached hydrogens (tertiary/aromatic N) is 2. The number of halogens is 1. The molecule has 1 amide bonds. The number of aromatic nitrogens is 2. The molecule has 2 unspecified atom stereocenters. The summed E-state index contributed by atoms with van der Waals surface area (Å²) in [6.45, 7) is 2.07. The second kappa shape index (κ2) is 4.91. The minimum atomic E-state index is -0.290. The van der Waals surface area contributed by atoms with E-state index in [1.807, 2.05) is 16.0 Å². The van der Waals surface area contributed by atoms with Crippen LogP contribution in [-0.2, 0) is 4.79 Å². The molecular formula is C16H14FN3OS. The van der Waals surface area contributed by atoms with Crippen LogP contribution in [0.4, 0.5) is 10.2 Å². The number of carbonyl (C=O) groups is 1. The van der Waals surface area contributed by atoms with Gasteiger partial charge < -0.3 is 5.32 Å². The minimum absolute atomic E-state index is 0.0314. The molecule has 112 valence electrons. The van der Waals surface area contributed by atoms with Gasteiger partial charge in [-0.3, -0.25) is 9.20 Å². The zero-order valence-electron chi connectivity index (χ0n) is 11.9. The Kier molecular flexibility index (Phi) is 3.00. The van der Waals surface area contributed by atoms with Crippen LogP contribution >= 0.6 is 11.3 Å². The molecule has 6 heteroatoms. The average molecular weight is 315 g/mol. The molecular weight excluding hydrogens is 301 g/mol. The number of anilines is 1. The number of benzene rings is 1. The number of rotatable bonds is 3. The number of imidazole rings is 1. The largest absolute Gasteiger partial charge is 0.310 e. The Labute approximate surface area is 130 Å². The first-order valence-corrected chi connectivity index (χ1v) is 8.04. The molecule has 0 radical (unpaired) electrons. The average Bonchev–Trinajstić information content (AvgIpc) is 2.93. The summed E-state index contributed by atoms with van der Waals surface area (Å²) >= 11 is 1.50. The van der Waals surface area contributed by atoms with Crippen molar-refractivity contribution in [2.45, 2.75) is 13.3 Å². The van der Waals surface area contributed by atoms with E-state index in [9.17, 15) is 9.18 Å². The summed E-state index contributed by atoms with van der Waals surface area (Å²) in [5, 5.41) is 4.92. The van der Waals surface area contributed by atoms with Gasteiger partial charge in [0, 0.05) is 23.1 Å². The zero-order valence-corrected chi connectivity index (χ0v) is 12.7. The summed E-state index contributed by atoms with van der Waals surface area (Å²) in [6, 6.07) is 6.16. The van der Waals surface area contributed by atoms with E-state index in [-0.39, 0.29) is 17.6 Å². The second-order valence-electron chi connectivity index (χ2n) is 5.68. The van der Waals surface area contributed by atoms with Crippen molar-refractivity contribution in [3.63, 3.8) is 0 Å². The van der Waals surface area contributed by atoms with Crippen LogP contribution in [0.25, 0.3) is 16.2 Å². The lowest BCUT2D eigenvalue weighted by atomic mass is 10.1. The fraction of sp³-hybridized carbons (Fsp3) is 0.250. The molecule has 3 aromatic rings. The molecule has 0 saturated heterocycles. The highest BCUT2D eigenvalue weighted by molar-refractivity contribution is 7.15. The van der Waals surface area contributed by atoms with Crippen LogP contribution in [0.2, 0.25) is 0 Å². The summed E-state index contributed by atoms with van der Waals surface area (Å²) in [4.78, 5) is 17.7. The molecule has 1 aliphatic rings. The monoisotopic (exact) mass is 315 g/mol. The summed E-state index contributed by atoms with van der Waals surface area (Å²) in [5.74, 6) is 0.934. The van der Waals surface area contributed by atoms with Gasteiger partial charge in [-0.2, -0.15) is 0 Å². The molecule has 0 spiro atoms. The molecule has 22 heavy (non-hydrogen) atoms. The SMILES string of the molecule is CC1CC1C(=O)Nc1c(-c2ccc(F)cc2)nc2sccn12. The van der Waals surface area contributed by atoms with Gasteiger partial charge in [0.1, 0.15) is 17.3 Å². The Morgan fingerprint density at radius 3 is 2.82 bits per heavy atom. The summed E-state index contributed by atoms with van der Waals surface area (Å²) in [7, 11) is 0. The van der Waals surface area contributed by atoms with Gasteiger partial charge in [-0.25, -0.2) is 9.37 Å².